The zero-order valence-corrected chi connectivity index (χ0v) is 8.26. The monoisotopic (exact) mass is 167 g/mol. The summed E-state index contributed by atoms with van der Waals surface area (Å²) in [6.45, 7) is 7.22. The lowest BCUT2D eigenvalue weighted by Gasteiger charge is -2.06. The molecule has 1 N–H and O–H groups in total. The van der Waals surface area contributed by atoms with E-state index in [9.17, 15) is 0 Å². The van der Waals surface area contributed by atoms with Gasteiger partial charge in [0.15, 0.2) is 0 Å². The molecule has 0 saturated heterocycles. The van der Waals surface area contributed by atoms with Crippen LogP contribution in [0, 0.1) is 6.92 Å². The van der Waals surface area contributed by atoms with Crippen LogP contribution in [0.2, 0.25) is 0 Å². The Bertz CT molecular complexity index is 250. The van der Waals surface area contributed by atoms with Crippen molar-refractivity contribution in [3.8, 4) is 0 Å². The summed E-state index contributed by atoms with van der Waals surface area (Å²) in [7, 11) is 1.93. The highest BCUT2D eigenvalue weighted by Gasteiger charge is 2.05. The Morgan fingerprint density at radius 3 is 2.67 bits per heavy atom. The van der Waals surface area contributed by atoms with Gasteiger partial charge in [0.2, 0.25) is 0 Å². The van der Waals surface area contributed by atoms with Crippen molar-refractivity contribution in [1.29, 1.82) is 0 Å². The first-order valence-corrected chi connectivity index (χ1v) is 4.34. The summed E-state index contributed by atoms with van der Waals surface area (Å²) in [6.07, 6.45) is 0. The summed E-state index contributed by atoms with van der Waals surface area (Å²) in [5.74, 6) is 0. The van der Waals surface area contributed by atoms with Crippen LogP contribution in [0.25, 0.3) is 0 Å². The summed E-state index contributed by atoms with van der Waals surface area (Å²) in [5, 5.41) is 7.54. The number of nitrogens with zero attached hydrogens (tertiary/aromatic N) is 2. The van der Waals surface area contributed by atoms with Crippen LogP contribution in [0.1, 0.15) is 31.3 Å². The summed E-state index contributed by atoms with van der Waals surface area (Å²) in [4.78, 5) is 0. The molecule has 0 saturated carbocycles. The van der Waals surface area contributed by atoms with E-state index in [-0.39, 0.29) is 0 Å². The lowest BCUT2D eigenvalue weighted by molar-refractivity contribution is 0.512. The average Bonchev–Trinajstić information content (AvgIpc) is 2.32. The molecule has 0 atom stereocenters. The molecule has 0 aliphatic heterocycles. The van der Waals surface area contributed by atoms with Gasteiger partial charge in [0.25, 0.3) is 0 Å². The molecule has 3 nitrogen and oxygen atoms in total. The minimum absolute atomic E-state index is 0.454. The lowest BCUT2D eigenvalue weighted by Crippen LogP contribution is -2.08. The molecule has 0 fully saturated rings. The first-order valence-electron chi connectivity index (χ1n) is 4.34. The quantitative estimate of drug-likeness (QED) is 0.739. The number of rotatable bonds is 3. The minimum atomic E-state index is 0.454. The highest BCUT2D eigenvalue weighted by Crippen LogP contribution is 2.09. The van der Waals surface area contributed by atoms with Crippen molar-refractivity contribution >= 4 is 0 Å². The number of hydrogen-bond acceptors (Lipinski definition) is 2. The number of aromatic nitrogens is 2. The van der Waals surface area contributed by atoms with Crippen LogP contribution in [0.15, 0.2) is 6.07 Å². The topological polar surface area (TPSA) is 29.9 Å². The van der Waals surface area contributed by atoms with Gasteiger partial charge in [-0.05, 0) is 33.9 Å². The molecule has 68 valence electrons. The van der Waals surface area contributed by atoms with Gasteiger partial charge in [-0.25, -0.2) is 0 Å². The van der Waals surface area contributed by atoms with Gasteiger partial charge in [0.05, 0.1) is 5.69 Å². The molecule has 0 unspecified atom stereocenters. The van der Waals surface area contributed by atoms with Gasteiger partial charge in [-0.2, -0.15) is 5.10 Å². The SMILES string of the molecule is CNCc1cc(C)n(C(C)C)n1. The fourth-order valence-electron chi connectivity index (χ4n) is 1.34. The minimum Gasteiger partial charge on any atom is -0.314 e. The Hall–Kier alpha value is -0.830. The fourth-order valence-corrected chi connectivity index (χ4v) is 1.34. The second-order valence-electron chi connectivity index (χ2n) is 3.35. The number of aryl methyl sites for hydroxylation is 1. The fraction of sp³-hybridized carbons (Fsp3) is 0.667. The van der Waals surface area contributed by atoms with Gasteiger partial charge >= 0.3 is 0 Å². The molecule has 0 bridgehead atoms. The summed E-state index contributed by atoms with van der Waals surface area (Å²) in [6, 6.07) is 2.58. The molecular weight excluding hydrogens is 150 g/mol. The molecule has 12 heavy (non-hydrogen) atoms. The molecule has 1 aromatic heterocycles. The average molecular weight is 167 g/mol. The van der Waals surface area contributed by atoms with Crippen LogP contribution in [0.3, 0.4) is 0 Å². The smallest absolute Gasteiger partial charge is 0.0765 e. The normalized spacial score (nSPS) is 11.1. The van der Waals surface area contributed by atoms with Crippen molar-refractivity contribution in [3.05, 3.63) is 17.5 Å². The first kappa shape index (κ1) is 9.26. The van der Waals surface area contributed by atoms with E-state index in [1.165, 1.54) is 5.69 Å². The second-order valence-corrected chi connectivity index (χ2v) is 3.35. The molecule has 1 rings (SSSR count). The van der Waals surface area contributed by atoms with Crippen LogP contribution in [0.5, 0.6) is 0 Å². The lowest BCUT2D eigenvalue weighted by atomic mass is 10.3. The second kappa shape index (κ2) is 3.72. The van der Waals surface area contributed by atoms with E-state index < -0.39 is 0 Å². The van der Waals surface area contributed by atoms with Gasteiger partial charge in [0, 0.05) is 18.3 Å². The standard InChI is InChI=1S/C9H17N3/c1-7(2)12-8(3)5-9(11-12)6-10-4/h5,7,10H,6H2,1-4H3. The van der Waals surface area contributed by atoms with Gasteiger partial charge in [-0.3, -0.25) is 4.68 Å². The van der Waals surface area contributed by atoms with Crippen molar-refractivity contribution in [2.75, 3.05) is 7.05 Å². The van der Waals surface area contributed by atoms with Crippen molar-refractivity contribution in [3.63, 3.8) is 0 Å². The summed E-state index contributed by atoms with van der Waals surface area (Å²) < 4.78 is 2.05. The molecule has 0 aliphatic carbocycles. The van der Waals surface area contributed by atoms with E-state index in [0.717, 1.165) is 12.2 Å². The largest absolute Gasteiger partial charge is 0.314 e. The predicted octanol–water partition coefficient (Wildman–Crippen LogP) is 1.49. The van der Waals surface area contributed by atoms with E-state index in [0.29, 0.717) is 6.04 Å². The van der Waals surface area contributed by atoms with Crippen molar-refractivity contribution < 1.29 is 0 Å². The molecule has 0 aliphatic rings. The summed E-state index contributed by atoms with van der Waals surface area (Å²) >= 11 is 0. The Balaban J connectivity index is 2.85. The van der Waals surface area contributed by atoms with Crippen molar-refractivity contribution in [1.82, 2.24) is 15.1 Å². The third-order valence-electron chi connectivity index (χ3n) is 1.82. The maximum Gasteiger partial charge on any atom is 0.0765 e. The van der Waals surface area contributed by atoms with E-state index in [4.69, 9.17) is 0 Å². The van der Waals surface area contributed by atoms with Crippen molar-refractivity contribution in [2.24, 2.45) is 0 Å². The molecule has 0 aromatic carbocycles. The summed E-state index contributed by atoms with van der Waals surface area (Å²) in [5.41, 5.74) is 2.35. The van der Waals surface area contributed by atoms with Gasteiger partial charge in [-0.15, -0.1) is 0 Å². The first-order chi connectivity index (χ1) is 5.65. The highest BCUT2D eigenvalue weighted by molar-refractivity contribution is 5.09. The van der Waals surface area contributed by atoms with Gasteiger partial charge < -0.3 is 5.32 Å². The van der Waals surface area contributed by atoms with Crippen LogP contribution in [-0.4, -0.2) is 16.8 Å². The van der Waals surface area contributed by atoms with Crippen LogP contribution >= 0.6 is 0 Å². The van der Waals surface area contributed by atoms with Crippen LogP contribution in [-0.2, 0) is 6.54 Å². The Labute approximate surface area is 73.8 Å². The molecule has 0 radical (unpaired) electrons. The maximum absolute atomic E-state index is 4.45. The zero-order valence-electron chi connectivity index (χ0n) is 8.26. The van der Waals surface area contributed by atoms with Crippen molar-refractivity contribution in [2.45, 2.75) is 33.4 Å². The Morgan fingerprint density at radius 2 is 2.25 bits per heavy atom. The van der Waals surface area contributed by atoms with E-state index >= 15 is 0 Å². The number of nitrogens with one attached hydrogen (secondary N) is 1. The third-order valence-corrected chi connectivity index (χ3v) is 1.82. The van der Waals surface area contributed by atoms with Gasteiger partial charge in [0.1, 0.15) is 0 Å². The molecule has 0 spiro atoms. The van der Waals surface area contributed by atoms with Gasteiger partial charge in [-0.1, -0.05) is 0 Å². The van der Waals surface area contributed by atoms with Crippen LogP contribution < -0.4 is 5.32 Å². The molecule has 1 aromatic rings. The molecule has 0 amide bonds. The van der Waals surface area contributed by atoms with E-state index in [2.05, 4.69) is 37.3 Å². The molecule has 1 heterocycles. The molecule has 3 heteroatoms. The van der Waals surface area contributed by atoms with Crippen LogP contribution in [0.4, 0.5) is 0 Å². The third kappa shape index (κ3) is 1.85. The highest BCUT2D eigenvalue weighted by atomic mass is 15.3. The van der Waals surface area contributed by atoms with E-state index in [1.54, 1.807) is 0 Å². The Morgan fingerprint density at radius 1 is 1.58 bits per heavy atom. The van der Waals surface area contributed by atoms with E-state index in [1.807, 2.05) is 11.7 Å². The Kier molecular flexibility index (Phi) is 2.87. The zero-order chi connectivity index (χ0) is 9.14. The maximum atomic E-state index is 4.45. The molecular formula is C9H17N3. The predicted molar refractivity (Wildman–Crippen MR) is 50.1 cm³/mol. The number of hydrogen-bond donors (Lipinski definition) is 1.